The second kappa shape index (κ2) is 39.9. The Balaban J connectivity index is 4.48. The van der Waals surface area contributed by atoms with E-state index < -0.39 is 26.5 Å². The van der Waals surface area contributed by atoms with Gasteiger partial charge in [0.2, 0.25) is 0 Å². The first kappa shape index (κ1) is 55.5. The van der Waals surface area contributed by atoms with Crippen LogP contribution >= 0.6 is 7.82 Å². The minimum Gasteiger partial charge on any atom is -0.462 e. The van der Waals surface area contributed by atoms with Gasteiger partial charge in [-0.05, 0) is 51.4 Å². The number of phosphoric ester groups is 1. The van der Waals surface area contributed by atoms with Crippen molar-refractivity contribution < 1.29 is 42.1 Å². The highest BCUT2D eigenvalue weighted by molar-refractivity contribution is 7.47. The van der Waals surface area contributed by atoms with Gasteiger partial charge >= 0.3 is 19.8 Å². The molecule has 1 N–H and O–H groups in total. The van der Waals surface area contributed by atoms with Gasteiger partial charge in [0.1, 0.15) is 19.8 Å². The Kier molecular flexibility index (Phi) is 38.1. The Morgan fingerprint density at radius 1 is 0.552 bits per heavy atom. The van der Waals surface area contributed by atoms with Crippen LogP contribution in [0.4, 0.5) is 0 Å². The van der Waals surface area contributed by atoms with Crippen molar-refractivity contribution in [3.63, 3.8) is 0 Å². The average molecular weight is 835 g/mol. The molecule has 2 atom stereocenters. The fourth-order valence-corrected chi connectivity index (χ4v) is 6.49. The first-order chi connectivity index (χ1) is 28.0. The number of hydrogen-bond donors (Lipinski definition) is 1. The second-order valence-corrected chi connectivity index (χ2v) is 17.5. The number of allylic oxidation sites excluding steroid dienone is 12. The Morgan fingerprint density at radius 3 is 1.43 bits per heavy atom. The van der Waals surface area contributed by atoms with Gasteiger partial charge in [-0.25, -0.2) is 4.57 Å². The van der Waals surface area contributed by atoms with Gasteiger partial charge in [0.15, 0.2) is 6.10 Å². The van der Waals surface area contributed by atoms with E-state index in [1.165, 1.54) is 77.0 Å². The van der Waals surface area contributed by atoms with E-state index in [9.17, 15) is 19.0 Å². The van der Waals surface area contributed by atoms with Crippen molar-refractivity contribution in [2.24, 2.45) is 0 Å². The van der Waals surface area contributed by atoms with E-state index in [1.807, 2.05) is 33.3 Å². The number of rotatable bonds is 40. The molecule has 58 heavy (non-hydrogen) atoms. The summed E-state index contributed by atoms with van der Waals surface area (Å²) in [6.07, 6.45) is 49.6. The van der Waals surface area contributed by atoms with Crippen LogP contribution in [0, 0.1) is 0 Å². The number of ether oxygens (including phenoxy) is 2. The van der Waals surface area contributed by atoms with E-state index in [0.29, 0.717) is 17.4 Å². The van der Waals surface area contributed by atoms with Gasteiger partial charge in [0.25, 0.3) is 0 Å². The predicted molar refractivity (Wildman–Crippen MR) is 242 cm³/mol. The number of unbranched alkanes of at least 4 members (excludes halogenated alkanes) is 14. The van der Waals surface area contributed by atoms with Crippen LogP contribution in [0.2, 0.25) is 0 Å². The minimum atomic E-state index is -4.40. The van der Waals surface area contributed by atoms with Crippen LogP contribution in [0.15, 0.2) is 72.9 Å². The Morgan fingerprint density at radius 2 is 0.983 bits per heavy atom. The van der Waals surface area contributed by atoms with Gasteiger partial charge in [-0.2, -0.15) is 0 Å². The summed E-state index contributed by atoms with van der Waals surface area (Å²) in [6, 6.07) is 0. The van der Waals surface area contributed by atoms with E-state index in [1.54, 1.807) is 0 Å². The van der Waals surface area contributed by atoms with E-state index in [0.717, 1.165) is 57.8 Å². The maximum Gasteiger partial charge on any atom is 0.472 e. The summed E-state index contributed by atoms with van der Waals surface area (Å²) in [4.78, 5) is 35.4. The molecule has 0 saturated heterocycles. The van der Waals surface area contributed by atoms with E-state index in [4.69, 9.17) is 18.5 Å². The monoisotopic (exact) mass is 835 g/mol. The van der Waals surface area contributed by atoms with Gasteiger partial charge in [0, 0.05) is 12.8 Å². The Bertz CT molecular complexity index is 1220. The number of likely N-dealkylation sites (N-methyl/N-ethyl adjacent to an activating group) is 1. The molecule has 0 heterocycles. The molecule has 10 heteroatoms. The summed E-state index contributed by atoms with van der Waals surface area (Å²) in [7, 11) is 1.42. The summed E-state index contributed by atoms with van der Waals surface area (Å²) in [5.41, 5.74) is 0. The van der Waals surface area contributed by atoms with Crippen LogP contribution in [0.1, 0.15) is 168 Å². The molecule has 0 aromatic rings. The van der Waals surface area contributed by atoms with Crippen LogP contribution in [-0.2, 0) is 32.7 Å². The molecule has 0 rings (SSSR count). The Hall–Kier alpha value is -2.55. The number of phosphoric acid groups is 1. The zero-order chi connectivity index (χ0) is 42.8. The van der Waals surface area contributed by atoms with Crippen molar-refractivity contribution in [2.45, 2.75) is 174 Å². The Labute approximate surface area is 355 Å². The molecule has 0 amide bonds. The average Bonchev–Trinajstić information content (AvgIpc) is 3.17. The number of quaternary nitrogens is 1. The molecule has 0 saturated carbocycles. The lowest BCUT2D eigenvalue weighted by molar-refractivity contribution is -0.870. The third-order valence-electron chi connectivity index (χ3n) is 9.26. The molecular formula is C48H85NO8P+. The van der Waals surface area contributed by atoms with Crippen molar-refractivity contribution in [3.05, 3.63) is 72.9 Å². The first-order valence-electron chi connectivity index (χ1n) is 22.7. The smallest absolute Gasteiger partial charge is 0.462 e. The molecule has 2 unspecified atom stereocenters. The number of carbonyl (C=O) groups excluding carboxylic acids is 2. The quantitative estimate of drug-likeness (QED) is 0.0214. The van der Waals surface area contributed by atoms with Gasteiger partial charge in [-0.15, -0.1) is 0 Å². The fraction of sp³-hybridized carbons (Fsp3) is 0.708. The number of nitrogens with zero attached hydrogens (tertiary/aromatic N) is 1. The molecule has 0 aromatic carbocycles. The van der Waals surface area contributed by atoms with Crippen LogP contribution in [0.3, 0.4) is 0 Å². The van der Waals surface area contributed by atoms with Crippen molar-refractivity contribution in [1.29, 1.82) is 0 Å². The molecule has 0 aliphatic heterocycles. The molecule has 0 spiro atoms. The van der Waals surface area contributed by atoms with Crippen LogP contribution in [-0.4, -0.2) is 74.9 Å². The third kappa shape index (κ3) is 43.0. The maximum absolute atomic E-state index is 12.7. The normalized spacial score (nSPS) is 14.2. The molecule has 0 bridgehead atoms. The molecule has 0 aromatic heterocycles. The van der Waals surface area contributed by atoms with E-state index in [2.05, 4.69) is 74.6 Å². The lowest BCUT2D eigenvalue weighted by Crippen LogP contribution is -2.37. The van der Waals surface area contributed by atoms with Gasteiger partial charge in [-0.1, -0.05) is 177 Å². The van der Waals surface area contributed by atoms with Gasteiger partial charge < -0.3 is 18.9 Å². The van der Waals surface area contributed by atoms with E-state index >= 15 is 0 Å². The van der Waals surface area contributed by atoms with Crippen LogP contribution < -0.4 is 0 Å². The number of hydrogen-bond acceptors (Lipinski definition) is 7. The lowest BCUT2D eigenvalue weighted by Gasteiger charge is -2.24. The predicted octanol–water partition coefficient (Wildman–Crippen LogP) is 13.0. The molecule has 334 valence electrons. The fourth-order valence-electron chi connectivity index (χ4n) is 5.75. The second-order valence-electron chi connectivity index (χ2n) is 16.1. The zero-order valence-electron chi connectivity index (χ0n) is 37.5. The summed E-state index contributed by atoms with van der Waals surface area (Å²) in [5, 5.41) is 0. The molecule has 0 radical (unpaired) electrons. The highest BCUT2D eigenvalue weighted by Gasteiger charge is 2.27. The molecule has 0 fully saturated rings. The first-order valence-corrected chi connectivity index (χ1v) is 24.2. The largest absolute Gasteiger partial charge is 0.472 e. The third-order valence-corrected chi connectivity index (χ3v) is 10.2. The van der Waals surface area contributed by atoms with Crippen molar-refractivity contribution in [2.75, 3.05) is 47.5 Å². The summed E-state index contributed by atoms with van der Waals surface area (Å²) < 4.78 is 34.2. The molecule has 0 aliphatic rings. The SMILES string of the molecule is CC/C=C\C/C=C\C/C=C\C/C=C\C/C=C\C/C=C\CCC(=O)OC(COC(=O)CCCCCCCCCCCCCCCCC)COP(=O)(O)OCC[N+](C)(C)C. The van der Waals surface area contributed by atoms with Gasteiger partial charge in [-0.3, -0.25) is 18.6 Å². The molecular weight excluding hydrogens is 750 g/mol. The molecule has 9 nitrogen and oxygen atoms in total. The van der Waals surface area contributed by atoms with Gasteiger partial charge in [0.05, 0.1) is 27.7 Å². The topological polar surface area (TPSA) is 108 Å². The maximum atomic E-state index is 12.7. The standard InChI is InChI=1S/C48H84NO8P/c1-6-8-10-12-14-16-18-20-22-23-24-25-27-29-31-33-35-37-39-41-48(51)57-46(45-56-58(52,53)55-43-42-49(3,4)5)44-54-47(50)40-38-36-34-32-30-28-26-21-19-17-15-13-11-9-7-2/h8,10,14,16,20,22,24-25,29,31,35,37,46H,6-7,9,11-13,15,17-19,21,23,26-28,30,32-34,36,38-45H2,1-5H3/p+1/b10-8-,16-14-,22-20-,25-24-,31-29-,37-35-. The van der Waals surface area contributed by atoms with Crippen molar-refractivity contribution >= 4 is 19.8 Å². The summed E-state index contributed by atoms with van der Waals surface area (Å²) in [5.74, 6) is -0.898. The lowest BCUT2D eigenvalue weighted by atomic mass is 10.0. The highest BCUT2D eigenvalue weighted by atomic mass is 31.2. The van der Waals surface area contributed by atoms with Crippen molar-refractivity contribution in [1.82, 2.24) is 0 Å². The molecule has 0 aliphatic carbocycles. The summed E-state index contributed by atoms with van der Waals surface area (Å²) in [6.45, 7) is 4.22. The van der Waals surface area contributed by atoms with Crippen LogP contribution in [0.25, 0.3) is 0 Å². The van der Waals surface area contributed by atoms with Crippen LogP contribution in [0.5, 0.6) is 0 Å². The van der Waals surface area contributed by atoms with E-state index in [-0.39, 0.29) is 32.0 Å². The summed E-state index contributed by atoms with van der Waals surface area (Å²) >= 11 is 0. The van der Waals surface area contributed by atoms with Crippen molar-refractivity contribution in [3.8, 4) is 0 Å². The number of esters is 2. The highest BCUT2D eigenvalue weighted by Crippen LogP contribution is 2.43. The number of carbonyl (C=O) groups is 2. The minimum absolute atomic E-state index is 0.0158. The zero-order valence-corrected chi connectivity index (χ0v) is 38.4.